The third-order valence-corrected chi connectivity index (χ3v) is 6.95. The van der Waals surface area contributed by atoms with E-state index in [0.29, 0.717) is 44.1 Å². The summed E-state index contributed by atoms with van der Waals surface area (Å²) < 4.78 is 5.92. The largest absolute Gasteiger partial charge is 0.491 e. The number of likely N-dealkylation sites (tertiary alicyclic amines) is 1. The zero-order valence-electron chi connectivity index (χ0n) is 19.0. The third-order valence-electron chi connectivity index (χ3n) is 6.95. The van der Waals surface area contributed by atoms with Crippen molar-refractivity contribution < 1.29 is 19.7 Å². The summed E-state index contributed by atoms with van der Waals surface area (Å²) in [6.07, 6.45) is 0.942. The highest BCUT2D eigenvalue weighted by molar-refractivity contribution is 5.97. The molecule has 0 bridgehead atoms. The molecule has 3 heterocycles. The minimum Gasteiger partial charge on any atom is -0.491 e. The summed E-state index contributed by atoms with van der Waals surface area (Å²) in [6.45, 7) is 5.78. The van der Waals surface area contributed by atoms with Crippen LogP contribution in [0.2, 0.25) is 0 Å². The van der Waals surface area contributed by atoms with Gasteiger partial charge in [-0.1, -0.05) is 30.3 Å². The Hall–Kier alpha value is -2.45. The van der Waals surface area contributed by atoms with Gasteiger partial charge >= 0.3 is 0 Å². The van der Waals surface area contributed by atoms with Crippen molar-refractivity contribution in [1.82, 2.24) is 14.7 Å². The van der Waals surface area contributed by atoms with Crippen molar-refractivity contribution in [2.75, 3.05) is 45.9 Å². The fraction of sp³-hybridized carbons (Fsp3) is 0.500. The molecular weight excluding hydrogens is 418 g/mol. The number of carbonyl (C=O) groups is 1. The Kier molecular flexibility index (Phi) is 6.64. The first-order chi connectivity index (χ1) is 16.0. The van der Waals surface area contributed by atoms with Crippen LogP contribution in [-0.4, -0.2) is 88.9 Å². The highest BCUT2D eigenvalue weighted by atomic mass is 16.5. The molecule has 0 aromatic heterocycles. The molecule has 1 unspecified atom stereocenters. The van der Waals surface area contributed by atoms with Crippen molar-refractivity contribution in [3.05, 3.63) is 64.7 Å². The molecule has 33 heavy (non-hydrogen) atoms. The maximum absolute atomic E-state index is 13.2. The Labute approximate surface area is 195 Å². The zero-order valence-corrected chi connectivity index (χ0v) is 19.0. The average molecular weight is 452 g/mol. The lowest BCUT2D eigenvalue weighted by molar-refractivity contribution is 0.0501. The van der Waals surface area contributed by atoms with Crippen LogP contribution in [0.3, 0.4) is 0 Å². The highest BCUT2D eigenvalue weighted by Crippen LogP contribution is 2.26. The van der Waals surface area contributed by atoms with E-state index in [2.05, 4.69) is 34.1 Å². The molecule has 1 fully saturated rings. The first-order valence-corrected chi connectivity index (χ1v) is 12.0. The number of β-amino-alcohol motifs (C(OH)–C–C–N with tert-alkyl or cyclic N) is 2. The second kappa shape index (κ2) is 9.81. The van der Waals surface area contributed by atoms with E-state index in [0.717, 1.165) is 44.6 Å². The number of carbonyl (C=O) groups excluding carboxylic acids is 1. The number of benzene rings is 2. The predicted molar refractivity (Wildman–Crippen MR) is 125 cm³/mol. The molecular formula is C26H33N3O4. The summed E-state index contributed by atoms with van der Waals surface area (Å²) in [6, 6.07) is 14.2. The van der Waals surface area contributed by atoms with E-state index in [-0.39, 0.29) is 12.0 Å². The van der Waals surface area contributed by atoms with Gasteiger partial charge in [-0.25, -0.2) is 0 Å². The second-order valence-electron chi connectivity index (χ2n) is 9.52. The van der Waals surface area contributed by atoms with Crippen molar-refractivity contribution >= 4 is 5.91 Å². The van der Waals surface area contributed by atoms with Gasteiger partial charge in [-0.05, 0) is 41.7 Å². The van der Waals surface area contributed by atoms with E-state index >= 15 is 0 Å². The van der Waals surface area contributed by atoms with Crippen LogP contribution < -0.4 is 4.74 Å². The Morgan fingerprint density at radius 1 is 1.03 bits per heavy atom. The Morgan fingerprint density at radius 2 is 1.88 bits per heavy atom. The maximum Gasteiger partial charge on any atom is 0.257 e. The Morgan fingerprint density at radius 3 is 2.70 bits per heavy atom. The van der Waals surface area contributed by atoms with Crippen molar-refractivity contribution in [2.45, 2.75) is 38.1 Å². The Bertz CT molecular complexity index is 997. The fourth-order valence-corrected chi connectivity index (χ4v) is 5.21. The molecule has 1 amide bonds. The molecule has 0 radical (unpaired) electrons. The predicted octanol–water partition coefficient (Wildman–Crippen LogP) is 1.51. The molecule has 7 heteroatoms. The van der Waals surface area contributed by atoms with Crippen LogP contribution in [0.1, 0.15) is 33.5 Å². The van der Waals surface area contributed by atoms with Gasteiger partial charge in [0.05, 0.1) is 24.3 Å². The summed E-state index contributed by atoms with van der Waals surface area (Å²) in [5.74, 6) is 0.524. The molecule has 2 atom stereocenters. The van der Waals surface area contributed by atoms with Crippen LogP contribution in [0.25, 0.3) is 0 Å². The average Bonchev–Trinajstić information content (AvgIpc) is 3.15. The lowest BCUT2D eigenvalue weighted by atomic mass is 10.00. The number of fused-ring (bicyclic) bond motifs is 2. The van der Waals surface area contributed by atoms with Gasteiger partial charge in [-0.3, -0.25) is 14.6 Å². The summed E-state index contributed by atoms with van der Waals surface area (Å²) in [7, 11) is 0. The van der Waals surface area contributed by atoms with Crippen LogP contribution in [0.15, 0.2) is 42.5 Å². The Balaban J connectivity index is 1.19. The lowest BCUT2D eigenvalue weighted by Crippen LogP contribution is -2.44. The number of rotatable bonds is 6. The van der Waals surface area contributed by atoms with Gasteiger partial charge < -0.3 is 19.8 Å². The van der Waals surface area contributed by atoms with Gasteiger partial charge in [0.1, 0.15) is 12.4 Å². The van der Waals surface area contributed by atoms with Gasteiger partial charge in [0, 0.05) is 45.8 Å². The van der Waals surface area contributed by atoms with E-state index in [1.165, 1.54) is 11.1 Å². The van der Waals surface area contributed by atoms with Crippen LogP contribution >= 0.6 is 0 Å². The standard InChI is InChI=1S/C26H33N3O4/c30-22-8-10-27(16-22)14-19-5-6-24-25(13-19)33-12-11-29(26(24)32)18-23(31)17-28-9-7-20-3-1-2-4-21(20)15-28/h1-6,13,22-23,30-31H,7-12,14-18H2/t22?,23-/m1/s1. The van der Waals surface area contributed by atoms with Gasteiger partial charge in [-0.2, -0.15) is 0 Å². The molecule has 3 aliphatic rings. The maximum atomic E-state index is 13.2. The molecule has 1 saturated heterocycles. The summed E-state index contributed by atoms with van der Waals surface area (Å²) in [5, 5.41) is 20.5. The van der Waals surface area contributed by atoms with Crippen molar-refractivity contribution in [2.24, 2.45) is 0 Å². The van der Waals surface area contributed by atoms with E-state index in [1.54, 1.807) is 4.90 Å². The molecule has 7 nitrogen and oxygen atoms in total. The summed E-state index contributed by atoms with van der Waals surface area (Å²) in [4.78, 5) is 19.4. The first kappa shape index (κ1) is 22.3. The van der Waals surface area contributed by atoms with Crippen LogP contribution in [-0.2, 0) is 19.5 Å². The number of ether oxygens (including phenoxy) is 1. The zero-order chi connectivity index (χ0) is 22.8. The van der Waals surface area contributed by atoms with Gasteiger partial charge in [-0.15, -0.1) is 0 Å². The minimum absolute atomic E-state index is 0.0892. The monoisotopic (exact) mass is 451 g/mol. The normalized spacial score (nSPS) is 22.4. The number of hydrogen-bond donors (Lipinski definition) is 2. The SMILES string of the molecule is O=C1c2ccc(CN3CCC(O)C3)cc2OCCN1C[C@H](O)CN1CCc2ccccc2C1. The molecule has 176 valence electrons. The van der Waals surface area contributed by atoms with Crippen LogP contribution in [0.5, 0.6) is 5.75 Å². The number of nitrogens with zero attached hydrogens (tertiary/aromatic N) is 3. The van der Waals surface area contributed by atoms with Gasteiger partial charge in [0.25, 0.3) is 5.91 Å². The topological polar surface area (TPSA) is 76.5 Å². The molecule has 3 aliphatic heterocycles. The fourth-order valence-electron chi connectivity index (χ4n) is 5.21. The van der Waals surface area contributed by atoms with Crippen molar-refractivity contribution in [3.8, 4) is 5.75 Å². The third kappa shape index (κ3) is 5.22. The van der Waals surface area contributed by atoms with E-state index in [4.69, 9.17) is 4.74 Å². The van der Waals surface area contributed by atoms with E-state index in [9.17, 15) is 15.0 Å². The molecule has 2 aromatic rings. The molecule has 0 aliphatic carbocycles. The number of aliphatic hydroxyl groups excluding tert-OH is 2. The highest BCUT2D eigenvalue weighted by Gasteiger charge is 2.27. The van der Waals surface area contributed by atoms with Gasteiger partial charge in [0.2, 0.25) is 0 Å². The minimum atomic E-state index is -0.610. The number of aliphatic hydroxyl groups is 2. The lowest BCUT2D eigenvalue weighted by Gasteiger charge is -2.32. The first-order valence-electron chi connectivity index (χ1n) is 12.0. The van der Waals surface area contributed by atoms with E-state index < -0.39 is 6.10 Å². The number of hydrogen-bond acceptors (Lipinski definition) is 6. The van der Waals surface area contributed by atoms with Crippen molar-refractivity contribution in [3.63, 3.8) is 0 Å². The van der Waals surface area contributed by atoms with E-state index in [1.807, 2.05) is 18.2 Å². The second-order valence-corrected chi connectivity index (χ2v) is 9.52. The molecule has 2 N–H and O–H groups in total. The molecule has 5 rings (SSSR count). The summed E-state index contributed by atoms with van der Waals surface area (Å²) in [5.41, 5.74) is 4.34. The van der Waals surface area contributed by atoms with Gasteiger partial charge in [0.15, 0.2) is 0 Å². The molecule has 0 spiro atoms. The summed E-state index contributed by atoms with van der Waals surface area (Å²) >= 11 is 0. The molecule has 0 saturated carbocycles. The quantitative estimate of drug-likeness (QED) is 0.694. The smallest absolute Gasteiger partial charge is 0.257 e. The van der Waals surface area contributed by atoms with Crippen LogP contribution in [0, 0.1) is 0 Å². The van der Waals surface area contributed by atoms with Crippen LogP contribution in [0.4, 0.5) is 0 Å². The number of amides is 1. The molecule has 2 aromatic carbocycles. The van der Waals surface area contributed by atoms with Crippen molar-refractivity contribution in [1.29, 1.82) is 0 Å².